The summed E-state index contributed by atoms with van der Waals surface area (Å²) in [4.78, 5) is 0. The minimum Gasteiger partial charge on any atom is -0.385 e. The van der Waals surface area contributed by atoms with Crippen LogP contribution in [-0.2, 0) is 9.47 Å². The van der Waals surface area contributed by atoms with Gasteiger partial charge in [-0.15, -0.1) is 0 Å². The Morgan fingerprint density at radius 3 is 2.44 bits per heavy atom. The third-order valence-electron chi connectivity index (χ3n) is 0.737. The van der Waals surface area contributed by atoms with Crippen LogP contribution in [0.3, 0.4) is 0 Å². The van der Waals surface area contributed by atoms with E-state index in [0.29, 0.717) is 13.0 Å². The number of ether oxygens (including phenoxy) is 2. The Balaban J connectivity index is 2.75. The second-order valence-corrected chi connectivity index (χ2v) is 1.48. The van der Waals surface area contributed by atoms with Crippen molar-refractivity contribution in [2.24, 2.45) is 0 Å². The van der Waals surface area contributed by atoms with Crippen LogP contribution in [-0.4, -0.2) is 26.9 Å². The monoisotopic (exact) mass is 140 g/mol. The average Bonchev–Trinajstić information content (AvgIpc) is 1.80. The van der Waals surface area contributed by atoms with E-state index in [1.807, 2.05) is 0 Å². The van der Waals surface area contributed by atoms with Gasteiger partial charge in [0.1, 0.15) is 0 Å². The predicted molar refractivity (Wildman–Crippen MR) is 28.4 cm³/mol. The van der Waals surface area contributed by atoms with Crippen molar-refractivity contribution in [3.05, 3.63) is 0 Å². The number of alkyl halides is 2. The summed E-state index contributed by atoms with van der Waals surface area (Å²) < 4.78 is 30.9. The van der Waals surface area contributed by atoms with Crippen molar-refractivity contribution >= 4 is 0 Å². The summed E-state index contributed by atoms with van der Waals surface area (Å²) in [7, 11) is 1.52. The maximum atomic E-state index is 11.2. The van der Waals surface area contributed by atoms with Crippen LogP contribution in [0.4, 0.5) is 8.78 Å². The minimum atomic E-state index is -2.65. The van der Waals surface area contributed by atoms with Crippen molar-refractivity contribution in [3.63, 3.8) is 0 Å². The fourth-order valence-electron chi connectivity index (χ4n) is 0.376. The number of halogens is 2. The molecule has 56 valence electrons. The molecule has 0 radical (unpaired) electrons. The molecule has 0 spiro atoms. The molecule has 0 N–H and O–H groups in total. The standard InChI is InChI=1S/C5H10F2O2/c1-8-3-2-4-9-5(6)7/h5H,2-4H2,1H3. The number of methoxy groups -OCH3 is 1. The van der Waals surface area contributed by atoms with Crippen molar-refractivity contribution in [1.29, 1.82) is 0 Å². The van der Waals surface area contributed by atoms with Gasteiger partial charge in [0.2, 0.25) is 0 Å². The van der Waals surface area contributed by atoms with Crippen molar-refractivity contribution in [3.8, 4) is 0 Å². The van der Waals surface area contributed by atoms with Gasteiger partial charge in [0.25, 0.3) is 0 Å². The summed E-state index contributed by atoms with van der Waals surface area (Å²) in [6.07, 6.45) is 0.515. The average molecular weight is 140 g/mol. The lowest BCUT2D eigenvalue weighted by molar-refractivity contribution is -0.131. The van der Waals surface area contributed by atoms with Gasteiger partial charge in [-0.05, 0) is 6.42 Å². The summed E-state index contributed by atoms with van der Waals surface area (Å²) in [5.74, 6) is 0. The predicted octanol–water partition coefficient (Wildman–Crippen LogP) is 1.26. The fraction of sp³-hybridized carbons (Fsp3) is 1.00. The van der Waals surface area contributed by atoms with E-state index in [1.54, 1.807) is 0 Å². The van der Waals surface area contributed by atoms with Crippen LogP contribution in [0.25, 0.3) is 0 Å². The van der Waals surface area contributed by atoms with E-state index in [-0.39, 0.29) is 6.61 Å². The van der Waals surface area contributed by atoms with E-state index in [9.17, 15) is 8.78 Å². The molecule has 0 amide bonds. The van der Waals surface area contributed by atoms with Gasteiger partial charge < -0.3 is 9.47 Å². The molecule has 0 heterocycles. The lowest BCUT2D eigenvalue weighted by atomic mass is 10.5. The van der Waals surface area contributed by atoms with Gasteiger partial charge in [-0.3, -0.25) is 0 Å². The molecule has 0 aromatic heterocycles. The number of hydrogen-bond donors (Lipinski definition) is 0. The highest BCUT2D eigenvalue weighted by molar-refractivity contribution is 4.30. The van der Waals surface area contributed by atoms with Gasteiger partial charge >= 0.3 is 6.61 Å². The van der Waals surface area contributed by atoms with Crippen LogP contribution < -0.4 is 0 Å². The van der Waals surface area contributed by atoms with E-state index in [2.05, 4.69) is 9.47 Å². The molecule has 0 aliphatic carbocycles. The smallest absolute Gasteiger partial charge is 0.345 e. The van der Waals surface area contributed by atoms with Crippen LogP contribution in [0.2, 0.25) is 0 Å². The van der Waals surface area contributed by atoms with Gasteiger partial charge in [0.05, 0.1) is 6.61 Å². The zero-order valence-electron chi connectivity index (χ0n) is 5.27. The molecule has 0 aliphatic rings. The normalized spacial score (nSPS) is 10.7. The molecule has 0 fully saturated rings. The van der Waals surface area contributed by atoms with Crippen LogP contribution in [0.15, 0.2) is 0 Å². The van der Waals surface area contributed by atoms with Gasteiger partial charge in [-0.25, -0.2) is 0 Å². The maximum Gasteiger partial charge on any atom is 0.345 e. The third-order valence-corrected chi connectivity index (χ3v) is 0.737. The van der Waals surface area contributed by atoms with Crippen molar-refractivity contribution < 1.29 is 18.3 Å². The Hall–Kier alpha value is -0.220. The third kappa shape index (κ3) is 7.78. The SMILES string of the molecule is COCCCOC(F)F. The second-order valence-electron chi connectivity index (χ2n) is 1.48. The summed E-state index contributed by atoms with van der Waals surface area (Å²) in [6, 6.07) is 0. The molecule has 9 heavy (non-hydrogen) atoms. The first-order valence-corrected chi connectivity index (χ1v) is 2.66. The summed E-state index contributed by atoms with van der Waals surface area (Å²) in [5.41, 5.74) is 0. The van der Waals surface area contributed by atoms with E-state index in [4.69, 9.17) is 0 Å². The molecule has 0 aromatic rings. The Bertz CT molecular complexity index is 58.9. The first kappa shape index (κ1) is 8.78. The molecule has 0 saturated heterocycles. The molecular weight excluding hydrogens is 130 g/mol. The minimum absolute atomic E-state index is 0.0610. The molecule has 0 aliphatic heterocycles. The lowest BCUT2D eigenvalue weighted by Gasteiger charge is -1.99. The number of rotatable bonds is 5. The first-order valence-electron chi connectivity index (χ1n) is 2.66. The van der Waals surface area contributed by atoms with Crippen LogP contribution in [0, 0.1) is 0 Å². The molecule has 0 saturated carbocycles. The second kappa shape index (κ2) is 5.91. The molecule has 0 aromatic carbocycles. The Labute approximate surface area is 52.8 Å². The van der Waals surface area contributed by atoms with Crippen LogP contribution in [0.1, 0.15) is 6.42 Å². The van der Waals surface area contributed by atoms with Gasteiger partial charge in [-0.2, -0.15) is 8.78 Å². The Kier molecular flexibility index (Phi) is 5.76. The van der Waals surface area contributed by atoms with Crippen LogP contribution >= 0.6 is 0 Å². The highest BCUT2D eigenvalue weighted by Gasteiger charge is 1.98. The summed E-state index contributed by atoms with van der Waals surface area (Å²) >= 11 is 0. The first-order chi connectivity index (χ1) is 4.27. The summed E-state index contributed by atoms with van der Waals surface area (Å²) in [5, 5.41) is 0. The molecule has 4 heteroatoms. The zero-order chi connectivity index (χ0) is 7.11. The largest absolute Gasteiger partial charge is 0.385 e. The van der Waals surface area contributed by atoms with Gasteiger partial charge in [-0.1, -0.05) is 0 Å². The highest BCUT2D eigenvalue weighted by Crippen LogP contribution is 1.94. The van der Waals surface area contributed by atoms with Gasteiger partial charge in [0.15, 0.2) is 0 Å². The Morgan fingerprint density at radius 2 is 2.00 bits per heavy atom. The molecule has 0 bridgehead atoms. The van der Waals surface area contributed by atoms with Crippen LogP contribution in [0.5, 0.6) is 0 Å². The molecule has 2 nitrogen and oxygen atoms in total. The Morgan fingerprint density at radius 1 is 1.33 bits per heavy atom. The van der Waals surface area contributed by atoms with Crippen molar-refractivity contribution in [1.82, 2.24) is 0 Å². The molecule has 0 atom stereocenters. The molecule has 0 unspecified atom stereocenters. The van der Waals surface area contributed by atoms with E-state index >= 15 is 0 Å². The lowest BCUT2D eigenvalue weighted by Crippen LogP contribution is -2.03. The highest BCUT2D eigenvalue weighted by atomic mass is 19.3. The number of hydrogen-bond acceptors (Lipinski definition) is 2. The van der Waals surface area contributed by atoms with Gasteiger partial charge in [0, 0.05) is 13.7 Å². The van der Waals surface area contributed by atoms with Crippen molar-refractivity contribution in [2.75, 3.05) is 20.3 Å². The maximum absolute atomic E-state index is 11.2. The summed E-state index contributed by atoms with van der Waals surface area (Å²) in [6.45, 7) is -2.13. The fourth-order valence-corrected chi connectivity index (χ4v) is 0.376. The van der Waals surface area contributed by atoms with E-state index in [0.717, 1.165) is 0 Å². The van der Waals surface area contributed by atoms with Crippen molar-refractivity contribution in [2.45, 2.75) is 13.0 Å². The topological polar surface area (TPSA) is 18.5 Å². The van der Waals surface area contributed by atoms with E-state index < -0.39 is 6.61 Å². The molecule has 0 rings (SSSR count). The molecular formula is C5H10F2O2. The van der Waals surface area contributed by atoms with E-state index in [1.165, 1.54) is 7.11 Å². The zero-order valence-corrected chi connectivity index (χ0v) is 5.27. The quantitative estimate of drug-likeness (QED) is 0.535.